The van der Waals surface area contributed by atoms with Gasteiger partial charge in [0.1, 0.15) is 29.4 Å². The molecule has 0 amide bonds. The van der Waals surface area contributed by atoms with E-state index >= 15 is 0 Å². The van der Waals surface area contributed by atoms with Crippen LogP contribution in [0, 0.1) is 0 Å². The Labute approximate surface area is 212 Å². The molecule has 1 saturated heterocycles. The molecule has 0 spiro atoms. The first kappa shape index (κ1) is 24.8. The number of piperidine rings is 1. The van der Waals surface area contributed by atoms with Crippen LogP contribution in [0.3, 0.4) is 0 Å². The van der Waals surface area contributed by atoms with Crippen molar-refractivity contribution in [2.24, 2.45) is 0 Å². The van der Waals surface area contributed by atoms with Gasteiger partial charge in [-0.15, -0.1) is 12.4 Å². The minimum atomic E-state index is 0. The highest BCUT2D eigenvalue weighted by molar-refractivity contribution is 6.05. The molecule has 2 heterocycles. The fourth-order valence-electron chi connectivity index (χ4n) is 4.68. The summed E-state index contributed by atoms with van der Waals surface area (Å²) in [6.07, 6.45) is 4.74. The van der Waals surface area contributed by atoms with Gasteiger partial charge in [-0.25, -0.2) is 0 Å². The number of carbonyl (C=O) groups excluding carboxylic acids is 1. The summed E-state index contributed by atoms with van der Waals surface area (Å²) in [7, 11) is 1.64. The van der Waals surface area contributed by atoms with Crippen LogP contribution in [0.25, 0.3) is 33.4 Å². The number of nitrogens with zero attached hydrogens (tertiary/aromatic N) is 1. The number of likely N-dealkylation sites (tertiary alicyclic amines) is 1. The molecule has 0 atom stereocenters. The number of halogens is 1. The van der Waals surface area contributed by atoms with E-state index in [1.54, 1.807) is 7.11 Å². The molecule has 1 aliphatic rings. The fourth-order valence-corrected chi connectivity index (χ4v) is 4.68. The molecule has 1 aromatic heterocycles. The number of rotatable bonds is 8. The molecule has 182 valence electrons. The summed E-state index contributed by atoms with van der Waals surface area (Å²) in [5.41, 5.74) is 3.93. The smallest absolute Gasteiger partial charge is 0.150 e. The van der Waals surface area contributed by atoms with Crippen molar-refractivity contribution in [1.82, 2.24) is 4.90 Å². The highest BCUT2D eigenvalue weighted by Gasteiger charge is 2.21. The van der Waals surface area contributed by atoms with Gasteiger partial charge >= 0.3 is 0 Å². The van der Waals surface area contributed by atoms with Gasteiger partial charge in [-0.2, -0.15) is 0 Å². The molecule has 0 unspecified atom stereocenters. The quantitative estimate of drug-likeness (QED) is 0.251. The molecule has 0 saturated carbocycles. The standard InChI is InChI=1S/C29H29NO4.ClH/c1-32-23-12-13-25-27(19-23)34-29(21-8-4-2-5-9-21)28(25)26-18-24(11-10-22(26)20-31)33-17-16-30-14-6-3-7-15-30;/h2,4-5,8-13,18-20H,3,6-7,14-17H2,1H3;1H. The number of furan rings is 1. The first-order valence-electron chi connectivity index (χ1n) is 11.9. The van der Waals surface area contributed by atoms with E-state index in [2.05, 4.69) is 4.90 Å². The number of benzene rings is 3. The molecule has 6 heteroatoms. The van der Waals surface area contributed by atoms with Crippen molar-refractivity contribution in [1.29, 1.82) is 0 Å². The van der Waals surface area contributed by atoms with Gasteiger partial charge in [0, 0.05) is 40.3 Å². The lowest BCUT2D eigenvalue weighted by atomic mass is 9.95. The number of hydrogen-bond donors (Lipinski definition) is 0. The van der Waals surface area contributed by atoms with Gasteiger partial charge < -0.3 is 13.9 Å². The van der Waals surface area contributed by atoms with Gasteiger partial charge in [-0.3, -0.25) is 9.69 Å². The predicted molar refractivity (Wildman–Crippen MR) is 142 cm³/mol. The second-order valence-corrected chi connectivity index (χ2v) is 8.65. The number of ether oxygens (including phenoxy) is 2. The van der Waals surface area contributed by atoms with Crippen molar-refractivity contribution in [2.75, 3.05) is 33.4 Å². The predicted octanol–water partition coefficient (Wildman–Crippen LogP) is 6.87. The van der Waals surface area contributed by atoms with E-state index < -0.39 is 0 Å². The Balaban J connectivity index is 0.00000289. The van der Waals surface area contributed by atoms with E-state index in [1.807, 2.05) is 66.7 Å². The van der Waals surface area contributed by atoms with E-state index in [0.717, 1.165) is 65.3 Å². The Morgan fingerprint density at radius 3 is 2.46 bits per heavy atom. The van der Waals surface area contributed by atoms with Crippen LogP contribution in [0.1, 0.15) is 29.6 Å². The van der Waals surface area contributed by atoms with Crippen LogP contribution in [0.4, 0.5) is 0 Å². The zero-order chi connectivity index (χ0) is 23.3. The Morgan fingerprint density at radius 1 is 0.943 bits per heavy atom. The van der Waals surface area contributed by atoms with Gasteiger partial charge in [0.25, 0.3) is 0 Å². The van der Waals surface area contributed by atoms with Crippen molar-refractivity contribution in [3.8, 4) is 33.9 Å². The van der Waals surface area contributed by atoms with Crippen molar-refractivity contribution in [3.05, 3.63) is 72.3 Å². The molecule has 0 N–H and O–H groups in total. The third-order valence-corrected chi connectivity index (χ3v) is 6.48. The highest BCUT2D eigenvalue weighted by Crippen LogP contribution is 2.43. The average Bonchev–Trinajstić information content (AvgIpc) is 3.28. The van der Waals surface area contributed by atoms with Crippen molar-refractivity contribution < 1.29 is 18.7 Å². The van der Waals surface area contributed by atoms with Gasteiger partial charge in [0.05, 0.1) is 7.11 Å². The topological polar surface area (TPSA) is 51.9 Å². The van der Waals surface area contributed by atoms with Crippen LogP contribution in [-0.4, -0.2) is 44.5 Å². The van der Waals surface area contributed by atoms with E-state index in [4.69, 9.17) is 13.9 Å². The zero-order valence-corrected chi connectivity index (χ0v) is 20.7. The molecule has 1 aliphatic heterocycles. The molecule has 0 aliphatic carbocycles. The molecular formula is C29H30ClNO4. The number of hydrogen-bond acceptors (Lipinski definition) is 5. The molecule has 35 heavy (non-hydrogen) atoms. The maximum absolute atomic E-state index is 12.0. The maximum Gasteiger partial charge on any atom is 0.150 e. The Kier molecular flexibility index (Phi) is 8.11. The summed E-state index contributed by atoms with van der Waals surface area (Å²) < 4.78 is 17.9. The maximum atomic E-state index is 12.0. The number of fused-ring (bicyclic) bond motifs is 1. The lowest BCUT2D eigenvalue weighted by Gasteiger charge is -2.26. The van der Waals surface area contributed by atoms with E-state index in [1.165, 1.54) is 19.3 Å². The van der Waals surface area contributed by atoms with Crippen LogP contribution in [-0.2, 0) is 0 Å². The van der Waals surface area contributed by atoms with Gasteiger partial charge in [-0.05, 0) is 56.3 Å². The van der Waals surface area contributed by atoms with Gasteiger partial charge in [0.2, 0.25) is 0 Å². The van der Waals surface area contributed by atoms with Gasteiger partial charge in [-0.1, -0.05) is 36.8 Å². The van der Waals surface area contributed by atoms with E-state index in [9.17, 15) is 4.79 Å². The summed E-state index contributed by atoms with van der Waals surface area (Å²) in [5, 5.41) is 0.924. The molecule has 4 aromatic rings. The normalized spacial score (nSPS) is 13.9. The summed E-state index contributed by atoms with van der Waals surface area (Å²) in [6, 6.07) is 21.4. The van der Waals surface area contributed by atoms with E-state index in [-0.39, 0.29) is 12.4 Å². The van der Waals surface area contributed by atoms with Crippen LogP contribution in [0.15, 0.2) is 71.1 Å². The largest absolute Gasteiger partial charge is 0.497 e. The monoisotopic (exact) mass is 491 g/mol. The SMILES string of the molecule is COc1ccc2c(-c3cc(OCCN4CCCCC4)ccc3C=O)c(-c3ccccc3)oc2c1.Cl. The summed E-state index contributed by atoms with van der Waals surface area (Å²) >= 11 is 0. The van der Waals surface area contributed by atoms with E-state index in [0.29, 0.717) is 17.8 Å². The second-order valence-electron chi connectivity index (χ2n) is 8.65. The van der Waals surface area contributed by atoms with Crippen LogP contribution >= 0.6 is 12.4 Å². The summed E-state index contributed by atoms with van der Waals surface area (Å²) in [5.74, 6) is 2.19. The lowest BCUT2D eigenvalue weighted by molar-refractivity contribution is 0.112. The molecule has 3 aromatic carbocycles. The molecule has 0 radical (unpaired) electrons. The summed E-state index contributed by atoms with van der Waals surface area (Å²) in [6.45, 7) is 3.82. The van der Waals surface area contributed by atoms with Crippen LogP contribution in [0.2, 0.25) is 0 Å². The molecule has 5 nitrogen and oxygen atoms in total. The molecule has 0 bridgehead atoms. The first-order valence-corrected chi connectivity index (χ1v) is 11.9. The third-order valence-electron chi connectivity index (χ3n) is 6.48. The number of methoxy groups -OCH3 is 1. The summed E-state index contributed by atoms with van der Waals surface area (Å²) in [4.78, 5) is 14.5. The lowest BCUT2D eigenvalue weighted by Crippen LogP contribution is -2.33. The second kappa shape index (κ2) is 11.4. The Bertz CT molecular complexity index is 1280. The zero-order valence-electron chi connectivity index (χ0n) is 19.9. The third kappa shape index (κ3) is 5.37. The molecule has 5 rings (SSSR count). The van der Waals surface area contributed by atoms with Crippen LogP contribution in [0.5, 0.6) is 11.5 Å². The fraction of sp³-hybridized carbons (Fsp3) is 0.276. The number of carbonyl (C=O) groups is 1. The minimum absolute atomic E-state index is 0. The van der Waals surface area contributed by atoms with Crippen molar-refractivity contribution in [3.63, 3.8) is 0 Å². The Morgan fingerprint density at radius 2 is 1.71 bits per heavy atom. The number of aldehydes is 1. The van der Waals surface area contributed by atoms with Gasteiger partial charge in [0.15, 0.2) is 6.29 Å². The Hall–Kier alpha value is -3.28. The van der Waals surface area contributed by atoms with Crippen molar-refractivity contribution in [2.45, 2.75) is 19.3 Å². The average molecular weight is 492 g/mol. The van der Waals surface area contributed by atoms with Crippen molar-refractivity contribution >= 4 is 29.7 Å². The first-order chi connectivity index (χ1) is 16.8. The highest BCUT2D eigenvalue weighted by atomic mass is 35.5. The van der Waals surface area contributed by atoms with Crippen LogP contribution < -0.4 is 9.47 Å². The minimum Gasteiger partial charge on any atom is -0.497 e. The molecule has 1 fully saturated rings. The molecular weight excluding hydrogens is 462 g/mol.